The number of sulfone groups is 1. The molecule has 0 saturated carbocycles. The summed E-state index contributed by atoms with van der Waals surface area (Å²) in [4.78, 5) is 42.0. The molecule has 4 aromatic carbocycles. The van der Waals surface area contributed by atoms with E-state index in [2.05, 4.69) is 10.3 Å². The monoisotopic (exact) mass is 678 g/mol. The molecule has 0 fully saturated rings. The number of nitro benzene ring substituents is 1. The molecule has 0 aliphatic carbocycles. The predicted molar refractivity (Wildman–Crippen MR) is 182 cm³/mol. The summed E-state index contributed by atoms with van der Waals surface area (Å²) in [7, 11) is -4.63. The highest BCUT2D eigenvalue weighted by Gasteiger charge is 2.34. The summed E-state index contributed by atoms with van der Waals surface area (Å²) < 4.78 is 28.7. The number of pyridine rings is 1. The summed E-state index contributed by atoms with van der Waals surface area (Å²) in [5, 5.41) is 13.7. The molecule has 1 atom stereocenters. The summed E-state index contributed by atoms with van der Waals surface area (Å²) in [6, 6.07) is 30.2. The topological polar surface area (TPSA) is 141 Å². The number of non-ortho nitro benzene ring substituents is 1. The van der Waals surface area contributed by atoms with Gasteiger partial charge in [-0.2, -0.15) is 0 Å². The van der Waals surface area contributed by atoms with Gasteiger partial charge in [0.25, 0.3) is 16.7 Å². The van der Waals surface area contributed by atoms with Crippen LogP contribution in [-0.2, 0) is 27.6 Å². The minimum absolute atomic E-state index is 0.103. The van der Waals surface area contributed by atoms with Gasteiger partial charge < -0.3 is 9.88 Å². The van der Waals surface area contributed by atoms with Crippen LogP contribution in [0.1, 0.15) is 21.5 Å². The highest BCUT2D eigenvalue weighted by atomic mass is 35.5. The number of fused-ring (bicyclic) bond motifs is 1. The normalized spacial score (nSPS) is 12.0. The molecule has 0 unspecified atom stereocenters. The summed E-state index contributed by atoms with van der Waals surface area (Å²) in [5.74, 6) is -0.655. The van der Waals surface area contributed by atoms with Gasteiger partial charge in [0.05, 0.1) is 15.4 Å². The van der Waals surface area contributed by atoms with Gasteiger partial charge in [-0.3, -0.25) is 19.7 Å². The van der Waals surface area contributed by atoms with Gasteiger partial charge in [-0.15, -0.1) is 0 Å². The molecular weight excluding hydrogens is 652 g/mol. The fourth-order valence-corrected chi connectivity index (χ4v) is 6.76. The molecule has 1 N–H and O–H groups in total. The van der Waals surface area contributed by atoms with Crippen LogP contribution in [0.5, 0.6) is 0 Å². The number of benzene rings is 4. The lowest BCUT2D eigenvalue weighted by molar-refractivity contribution is -0.384. The third-order valence-electron chi connectivity index (χ3n) is 7.86. The summed E-state index contributed by atoms with van der Waals surface area (Å²) in [5.41, 5.74) is 4.05. The fourth-order valence-electron chi connectivity index (χ4n) is 5.40. The van der Waals surface area contributed by atoms with E-state index in [4.69, 9.17) is 11.6 Å². The number of nitrogens with zero attached hydrogens (tertiary/aromatic N) is 3. The lowest BCUT2D eigenvalue weighted by Crippen LogP contribution is -2.45. The Kier molecular flexibility index (Phi) is 9.15. The fraction of sp³-hybridized carbons (Fsp3) is 0.0833. The molecule has 48 heavy (non-hydrogen) atoms. The second-order valence-corrected chi connectivity index (χ2v) is 13.4. The van der Waals surface area contributed by atoms with E-state index in [0.717, 1.165) is 41.0 Å². The van der Waals surface area contributed by atoms with Crippen molar-refractivity contribution in [1.82, 2.24) is 14.9 Å². The van der Waals surface area contributed by atoms with E-state index in [1.165, 1.54) is 0 Å². The van der Waals surface area contributed by atoms with Crippen LogP contribution in [0.4, 0.5) is 5.69 Å². The van der Waals surface area contributed by atoms with Crippen molar-refractivity contribution in [3.8, 4) is 11.1 Å². The average molecular weight is 679 g/mol. The van der Waals surface area contributed by atoms with E-state index in [-0.39, 0.29) is 17.7 Å². The first-order valence-corrected chi connectivity index (χ1v) is 16.6. The maximum Gasteiger partial charge on any atom is 0.273 e. The quantitative estimate of drug-likeness (QED) is 0.126. The van der Waals surface area contributed by atoms with Gasteiger partial charge in [0.1, 0.15) is 11.7 Å². The van der Waals surface area contributed by atoms with Gasteiger partial charge in [-0.05, 0) is 58.7 Å². The van der Waals surface area contributed by atoms with Crippen molar-refractivity contribution in [1.29, 1.82) is 0 Å². The zero-order valence-electron chi connectivity index (χ0n) is 25.2. The second-order valence-electron chi connectivity index (χ2n) is 11.0. The van der Waals surface area contributed by atoms with Crippen LogP contribution in [0.3, 0.4) is 0 Å². The van der Waals surface area contributed by atoms with Crippen molar-refractivity contribution in [2.24, 2.45) is 0 Å². The molecule has 0 aliphatic heterocycles. The Morgan fingerprint density at radius 2 is 1.48 bits per heavy atom. The minimum atomic E-state index is -4.63. The van der Waals surface area contributed by atoms with E-state index in [1.54, 1.807) is 54.9 Å². The van der Waals surface area contributed by atoms with Crippen molar-refractivity contribution in [2.45, 2.75) is 23.9 Å². The van der Waals surface area contributed by atoms with E-state index in [1.807, 2.05) is 53.1 Å². The molecule has 10 nitrogen and oxygen atoms in total. The Labute approximate surface area is 280 Å². The maximum atomic E-state index is 13.9. The van der Waals surface area contributed by atoms with E-state index in [9.17, 15) is 28.1 Å². The van der Waals surface area contributed by atoms with Crippen LogP contribution in [0.25, 0.3) is 22.2 Å². The molecule has 0 spiro atoms. The lowest BCUT2D eigenvalue weighted by atomic mass is 10.0. The lowest BCUT2D eigenvalue weighted by Gasteiger charge is -2.18. The van der Waals surface area contributed by atoms with Crippen LogP contribution >= 0.6 is 11.6 Å². The third-order valence-corrected chi connectivity index (χ3v) is 9.82. The van der Waals surface area contributed by atoms with Crippen molar-refractivity contribution in [3.05, 3.63) is 159 Å². The van der Waals surface area contributed by atoms with Crippen molar-refractivity contribution >= 4 is 49.2 Å². The Bertz CT molecular complexity index is 2240. The number of hydrogen-bond donors (Lipinski definition) is 1. The van der Waals surface area contributed by atoms with Crippen LogP contribution in [-0.4, -0.2) is 40.0 Å². The zero-order valence-corrected chi connectivity index (χ0v) is 26.8. The molecule has 0 radical (unpaired) electrons. The number of nitro groups is 1. The number of aromatic nitrogens is 2. The Hall–Kier alpha value is -5.65. The Balaban J connectivity index is 1.28. The van der Waals surface area contributed by atoms with Crippen molar-refractivity contribution in [2.75, 3.05) is 0 Å². The first kappa shape index (κ1) is 32.3. The largest absolute Gasteiger partial charge is 0.341 e. The van der Waals surface area contributed by atoms with Gasteiger partial charge in [0, 0.05) is 47.9 Å². The molecule has 2 aromatic heterocycles. The Morgan fingerprint density at radius 3 is 2.12 bits per heavy atom. The molecular formula is C36H27ClN4O6S. The Morgan fingerprint density at radius 1 is 0.833 bits per heavy atom. The highest BCUT2D eigenvalue weighted by Crippen LogP contribution is 2.25. The SMILES string of the molecule is O=C(N[C@@H](Cc1ccccc1)C(=O)S(=O)(=O)c1ccc([N+](=O)[O-])cc1)c1cn(Cc2ccc(-c3ccc(Cl)cc3)cc2)c2ncccc12. The van der Waals surface area contributed by atoms with Gasteiger partial charge in [-0.1, -0.05) is 78.3 Å². The first-order chi connectivity index (χ1) is 23.1. The van der Waals surface area contributed by atoms with Crippen LogP contribution in [0, 0.1) is 10.1 Å². The summed E-state index contributed by atoms with van der Waals surface area (Å²) >= 11 is 6.03. The number of carbonyl (C=O) groups is 2. The zero-order chi connectivity index (χ0) is 33.8. The molecule has 0 aliphatic rings. The molecule has 6 rings (SSSR count). The van der Waals surface area contributed by atoms with Crippen LogP contribution in [0.2, 0.25) is 5.02 Å². The second kappa shape index (κ2) is 13.6. The number of hydrogen-bond acceptors (Lipinski definition) is 7. The summed E-state index contributed by atoms with van der Waals surface area (Å²) in [6.45, 7) is 0.391. The van der Waals surface area contributed by atoms with Gasteiger partial charge in [0.2, 0.25) is 9.84 Å². The van der Waals surface area contributed by atoms with Crippen LogP contribution < -0.4 is 5.32 Å². The molecule has 12 heteroatoms. The third kappa shape index (κ3) is 6.87. The highest BCUT2D eigenvalue weighted by molar-refractivity contribution is 8.06. The predicted octanol–water partition coefficient (Wildman–Crippen LogP) is 6.65. The summed E-state index contributed by atoms with van der Waals surface area (Å²) in [6.07, 6.45) is 3.14. The maximum absolute atomic E-state index is 13.9. The van der Waals surface area contributed by atoms with E-state index in [0.29, 0.717) is 28.2 Å². The van der Waals surface area contributed by atoms with Gasteiger partial charge in [-0.25, -0.2) is 13.4 Å². The average Bonchev–Trinajstić information content (AvgIpc) is 3.47. The smallest absolute Gasteiger partial charge is 0.273 e. The molecule has 2 heterocycles. The minimum Gasteiger partial charge on any atom is -0.341 e. The number of rotatable bonds is 10. The number of nitrogens with one attached hydrogen (secondary N) is 1. The standard InChI is InChI=1S/C36H27ClN4O6S/c37-28-14-12-27(13-15-28)26-10-8-25(9-11-26)22-40-23-32(31-7-4-20-38-34(31)40)35(42)39-33(21-24-5-2-1-3-6-24)36(43)48(46,47)30-18-16-29(17-19-30)41(44)45/h1-20,23,33H,21-22H2,(H,39,42)/t33-/m0/s1. The molecule has 1 amide bonds. The van der Waals surface area contributed by atoms with Gasteiger partial charge in [0.15, 0.2) is 0 Å². The number of halogens is 1. The van der Waals surface area contributed by atoms with Gasteiger partial charge >= 0.3 is 0 Å². The number of amides is 1. The van der Waals surface area contributed by atoms with E-state index < -0.39 is 36.7 Å². The molecule has 6 aromatic rings. The van der Waals surface area contributed by atoms with E-state index >= 15 is 0 Å². The van der Waals surface area contributed by atoms with Crippen molar-refractivity contribution < 1.29 is 22.9 Å². The van der Waals surface area contributed by atoms with Crippen LogP contribution in [0.15, 0.2) is 133 Å². The number of carbonyl (C=O) groups excluding carboxylic acids is 2. The van der Waals surface area contributed by atoms with Crippen molar-refractivity contribution in [3.63, 3.8) is 0 Å². The first-order valence-electron chi connectivity index (χ1n) is 14.8. The molecule has 240 valence electrons. The molecule has 0 bridgehead atoms. The molecule has 0 saturated heterocycles.